The van der Waals surface area contributed by atoms with Gasteiger partial charge in [-0.1, -0.05) is 11.2 Å². The molecule has 1 fully saturated rings. The zero-order valence-corrected chi connectivity index (χ0v) is 9.80. The Kier molecular flexibility index (Phi) is 2.40. The number of benzene rings is 1. The van der Waals surface area contributed by atoms with Gasteiger partial charge in [-0.2, -0.15) is 0 Å². The quantitative estimate of drug-likeness (QED) is 0.500. The van der Waals surface area contributed by atoms with Crippen LogP contribution in [0.25, 0.3) is 0 Å². The molecule has 8 heteroatoms. The van der Waals surface area contributed by atoms with E-state index in [-0.39, 0.29) is 17.3 Å². The largest absolute Gasteiger partial charge is 0.599 e. The lowest BCUT2D eigenvalue weighted by Crippen LogP contribution is -2.53. The summed E-state index contributed by atoms with van der Waals surface area (Å²) in [4.78, 5) is 0. The molecular weight excluding hydrogens is 259 g/mol. The van der Waals surface area contributed by atoms with Crippen LogP contribution in [0.1, 0.15) is 24.3 Å². The molecule has 0 spiro atoms. The van der Waals surface area contributed by atoms with Gasteiger partial charge in [-0.05, 0) is 29.4 Å². The summed E-state index contributed by atoms with van der Waals surface area (Å²) in [5.41, 5.74) is 6.48. The van der Waals surface area contributed by atoms with Crippen LogP contribution in [0.4, 0.5) is 24.5 Å². The molecule has 1 atom stereocenters. The maximum absolute atomic E-state index is 13.4. The van der Waals surface area contributed by atoms with Crippen LogP contribution in [0.3, 0.4) is 0 Å². The molecule has 19 heavy (non-hydrogen) atoms. The Bertz CT molecular complexity index is 562. The number of hydrogen-bond donors (Lipinski definition) is 1. The highest BCUT2D eigenvalue weighted by molar-refractivity contribution is 5.78. The Morgan fingerprint density at radius 3 is 2.53 bits per heavy atom. The minimum Gasteiger partial charge on any atom is -0.399 e. The van der Waals surface area contributed by atoms with Crippen molar-refractivity contribution in [2.24, 2.45) is 15.5 Å². The number of nitrogen functional groups attached to an aromatic ring is 1. The van der Waals surface area contributed by atoms with Crippen LogP contribution < -0.4 is 10.3 Å². The molecule has 0 aromatic heterocycles. The first-order chi connectivity index (χ1) is 8.94. The maximum Gasteiger partial charge on any atom is 0.599 e. The SMILES string of the molecule is Nc1ccc(C2CC2)c([N+]2(C(F)(F)F)C=NN=N2)c1. The zero-order valence-electron chi connectivity index (χ0n) is 9.80. The summed E-state index contributed by atoms with van der Waals surface area (Å²) < 4.78 is 38.4. The van der Waals surface area contributed by atoms with Gasteiger partial charge < -0.3 is 5.73 Å². The summed E-state index contributed by atoms with van der Waals surface area (Å²) in [5, 5.41) is 9.69. The zero-order chi connectivity index (χ0) is 13.7. The summed E-state index contributed by atoms with van der Waals surface area (Å²) in [6.07, 6.45) is -2.21. The summed E-state index contributed by atoms with van der Waals surface area (Å²) in [7, 11) is 0. The van der Waals surface area contributed by atoms with E-state index in [1.54, 1.807) is 12.1 Å². The van der Waals surface area contributed by atoms with E-state index >= 15 is 0 Å². The van der Waals surface area contributed by atoms with Gasteiger partial charge in [-0.15, -0.1) is 13.2 Å². The molecule has 0 radical (unpaired) electrons. The predicted octanol–water partition coefficient (Wildman–Crippen LogP) is 3.30. The Morgan fingerprint density at radius 1 is 1.26 bits per heavy atom. The van der Waals surface area contributed by atoms with Gasteiger partial charge in [0.25, 0.3) is 6.34 Å². The molecule has 1 saturated carbocycles. The average molecular weight is 270 g/mol. The fourth-order valence-corrected chi connectivity index (χ4v) is 2.17. The van der Waals surface area contributed by atoms with E-state index in [1.165, 1.54) is 6.07 Å². The van der Waals surface area contributed by atoms with Gasteiger partial charge in [-0.25, -0.2) is 0 Å². The van der Waals surface area contributed by atoms with Gasteiger partial charge in [0.05, 0.1) is 5.22 Å². The molecule has 1 aromatic carbocycles. The molecule has 2 N–H and O–H groups in total. The summed E-state index contributed by atoms with van der Waals surface area (Å²) >= 11 is 0. The number of nitrogens with two attached hydrogens (primary N) is 1. The Morgan fingerprint density at radius 2 is 2.00 bits per heavy atom. The Hall–Kier alpha value is -1.96. The first-order valence-corrected chi connectivity index (χ1v) is 5.76. The maximum atomic E-state index is 13.4. The molecular formula is C11H11F3N5+. The van der Waals surface area contributed by atoms with E-state index in [2.05, 4.69) is 15.5 Å². The lowest BCUT2D eigenvalue weighted by atomic mass is 10.1. The topological polar surface area (TPSA) is 63.1 Å². The number of rotatable bonds is 2. The van der Waals surface area contributed by atoms with Crippen molar-refractivity contribution in [2.75, 3.05) is 5.73 Å². The molecule has 1 aliphatic carbocycles. The highest BCUT2D eigenvalue weighted by atomic mass is 19.4. The monoisotopic (exact) mass is 270 g/mol. The second-order valence-electron chi connectivity index (χ2n) is 4.66. The average Bonchev–Trinajstić information content (AvgIpc) is 3.04. The van der Waals surface area contributed by atoms with Gasteiger partial charge in [0, 0.05) is 22.5 Å². The van der Waals surface area contributed by atoms with Crippen molar-refractivity contribution in [1.82, 2.24) is 4.59 Å². The first-order valence-electron chi connectivity index (χ1n) is 5.76. The standard InChI is InChI=1S/C11H11F3N5/c12-11(13,14)19(6-16-17-18-19)10-5-8(15)3-4-9(10)7-1-2-7/h3-7H,1-2,15H2/q+1. The van der Waals surface area contributed by atoms with Gasteiger partial charge in [0.1, 0.15) is 0 Å². The normalized spacial score (nSPS) is 26.1. The van der Waals surface area contributed by atoms with Crippen molar-refractivity contribution in [3.05, 3.63) is 23.8 Å². The lowest BCUT2D eigenvalue weighted by molar-refractivity contribution is -0.211. The molecule has 0 bridgehead atoms. The number of halogens is 3. The first kappa shape index (κ1) is 12.1. The van der Waals surface area contributed by atoms with E-state index < -0.39 is 10.9 Å². The van der Waals surface area contributed by atoms with E-state index in [9.17, 15) is 13.2 Å². The number of quaternary nitrogens is 1. The number of hydrogen-bond acceptors (Lipinski definition) is 4. The van der Waals surface area contributed by atoms with Crippen molar-refractivity contribution in [2.45, 2.75) is 25.1 Å². The van der Waals surface area contributed by atoms with Crippen LogP contribution in [-0.4, -0.2) is 12.6 Å². The minimum absolute atomic E-state index is 0.0139. The molecule has 1 aromatic rings. The Balaban J connectivity index is 2.21. The van der Waals surface area contributed by atoms with Crippen molar-refractivity contribution >= 4 is 17.7 Å². The molecule has 0 saturated heterocycles. The lowest BCUT2D eigenvalue weighted by Gasteiger charge is -2.25. The van der Waals surface area contributed by atoms with Gasteiger partial charge in [0.2, 0.25) is 0 Å². The molecule has 5 nitrogen and oxygen atoms in total. The van der Waals surface area contributed by atoms with Crippen molar-refractivity contribution in [3.8, 4) is 0 Å². The van der Waals surface area contributed by atoms with Crippen LogP contribution >= 0.6 is 0 Å². The highest BCUT2D eigenvalue weighted by Crippen LogP contribution is 2.49. The van der Waals surface area contributed by atoms with Gasteiger partial charge >= 0.3 is 6.30 Å². The van der Waals surface area contributed by atoms with Crippen molar-refractivity contribution < 1.29 is 13.2 Å². The molecule has 3 rings (SSSR count). The van der Waals surface area contributed by atoms with Gasteiger partial charge in [0.15, 0.2) is 5.69 Å². The molecule has 0 amide bonds. The third kappa shape index (κ3) is 1.79. The molecule has 1 unspecified atom stereocenters. The van der Waals surface area contributed by atoms with E-state index in [1.807, 2.05) is 0 Å². The molecule has 1 heterocycles. The number of nitrogens with zero attached hydrogens (tertiary/aromatic N) is 4. The molecule has 2 aliphatic rings. The summed E-state index contributed by atoms with van der Waals surface area (Å²) in [5.74, 6) is 0.136. The number of alkyl halides is 3. The van der Waals surface area contributed by atoms with Gasteiger partial charge in [-0.3, -0.25) is 0 Å². The second kappa shape index (κ2) is 3.77. The fourth-order valence-electron chi connectivity index (χ4n) is 2.17. The Labute approximate surface area is 106 Å². The smallest absolute Gasteiger partial charge is 0.399 e. The third-order valence-electron chi connectivity index (χ3n) is 3.28. The van der Waals surface area contributed by atoms with Crippen LogP contribution in [0.15, 0.2) is 33.7 Å². The van der Waals surface area contributed by atoms with E-state index in [4.69, 9.17) is 5.73 Å². The van der Waals surface area contributed by atoms with Crippen LogP contribution in [-0.2, 0) is 0 Å². The van der Waals surface area contributed by atoms with Crippen LogP contribution in [0.2, 0.25) is 0 Å². The summed E-state index contributed by atoms with van der Waals surface area (Å²) in [6, 6.07) is 4.54. The minimum atomic E-state index is -4.65. The summed E-state index contributed by atoms with van der Waals surface area (Å²) in [6.45, 7) is 0. The molecule has 100 valence electrons. The van der Waals surface area contributed by atoms with Crippen LogP contribution in [0, 0.1) is 0 Å². The van der Waals surface area contributed by atoms with Crippen LogP contribution in [0.5, 0.6) is 0 Å². The molecule has 1 aliphatic heterocycles. The van der Waals surface area contributed by atoms with Crippen molar-refractivity contribution in [1.29, 1.82) is 0 Å². The fraction of sp³-hybridized carbons (Fsp3) is 0.364. The third-order valence-corrected chi connectivity index (χ3v) is 3.28. The highest BCUT2D eigenvalue weighted by Gasteiger charge is 2.62. The van der Waals surface area contributed by atoms with E-state index in [0.717, 1.165) is 12.8 Å². The second-order valence-corrected chi connectivity index (χ2v) is 4.66. The number of anilines is 1. The van der Waals surface area contributed by atoms with Crippen molar-refractivity contribution in [3.63, 3.8) is 0 Å². The predicted molar refractivity (Wildman–Crippen MR) is 64.0 cm³/mol. The van der Waals surface area contributed by atoms with E-state index in [0.29, 0.717) is 11.9 Å².